The number of thioether (sulfide) groups is 1. The van der Waals surface area contributed by atoms with Gasteiger partial charge in [0.2, 0.25) is 0 Å². The molecule has 3 atom stereocenters. The summed E-state index contributed by atoms with van der Waals surface area (Å²) in [5, 5.41) is 3.84. The molecule has 104 valence electrons. The summed E-state index contributed by atoms with van der Waals surface area (Å²) in [5.41, 5.74) is 1.26. The van der Waals surface area contributed by atoms with Gasteiger partial charge in [0, 0.05) is 36.8 Å². The van der Waals surface area contributed by atoms with Gasteiger partial charge in [0.25, 0.3) is 0 Å². The third-order valence-electron chi connectivity index (χ3n) is 3.97. The van der Waals surface area contributed by atoms with Gasteiger partial charge in [0.1, 0.15) is 0 Å². The van der Waals surface area contributed by atoms with Gasteiger partial charge >= 0.3 is 0 Å². The summed E-state index contributed by atoms with van der Waals surface area (Å²) in [4.78, 5) is 4.10. The second kappa shape index (κ2) is 6.73. The minimum atomic E-state index is 0.198. The molecule has 3 nitrogen and oxygen atoms in total. The number of pyridine rings is 1. The van der Waals surface area contributed by atoms with Crippen LogP contribution in [-0.2, 0) is 4.74 Å². The molecule has 0 spiro atoms. The van der Waals surface area contributed by atoms with Crippen molar-refractivity contribution in [2.24, 2.45) is 0 Å². The molecule has 19 heavy (non-hydrogen) atoms. The predicted molar refractivity (Wildman–Crippen MR) is 79.4 cm³/mol. The molecule has 0 amide bonds. The van der Waals surface area contributed by atoms with E-state index in [1.54, 1.807) is 0 Å². The number of rotatable bonds is 3. The van der Waals surface area contributed by atoms with E-state index in [0.717, 1.165) is 6.61 Å². The lowest BCUT2D eigenvalue weighted by atomic mass is 9.95. The topological polar surface area (TPSA) is 34.1 Å². The number of ether oxygens (including phenoxy) is 1. The van der Waals surface area contributed by atoms with Gasteiger partial charge < -0.3 is 10.1 Å². The van der Waals surface area contributed by atoms with E-state index in [1.165, 1.54) is 42.8 Å². The van der Waals surface area contributed by atoms with Crippen LogP contribution in [0.1, 0.15) is 37.4 Å². The highest BCUT2D eigenvalue weighted by atomic mass is 32.2. The number of nitrogens with zero attached hydrogens (tertiary/aromatic N) is 1. The van der Waals surface area contributed by atoms with Crippen molar-refractivity contribution in [1.82, 2.24) is 10.3 Å². The van der Waals surface area contributed by atoms with Crippen molar-refractivity contribution in [3.05, 3.63) is 30.1 Å². The summed E-state index contributed by atoms with van der Waals surface area (Å²) >= 11 is 2.08. The van der Waals surface area contributed by atoms with Crippen LogP contribution in [0.2, 0.25) is 0 Å². The summed E-state index contributed by atoms with van der Waals surface area (Å²) in [7, 11) is 0. The molecule has 3 heterocycles. The summed E-state index contributed by atoms with van der Waals surface area (Å²) in [5.74, 6) is 2.58. The summed E-state index contributed by atoms with van der Waals surface area (Å²) in [6, 6.07) is 5.29. The Bertz CT molecular complexity index is 381. The van der Waals surface area contributed by atoms with E-state index in [4.69, 9.17) is 4.74 Å². The quantitative estimate of drug-likeness (QED) is 0.922. The second-order valence-electron chi connectivity index (χ2n) is 5.40. The average molecular weight is 278 g/mol. The molecule has 2 saturated heterocycles. The Morgan fingerprint density at radius 3 is 2.89 bits per heavy atom. The molecule has 1 aromatic heterocycles. The maximum absolute atomic E-state index is 6.02. The van der Waals surface area contributed by atoms with Gasteiger partial charge in [-0.3, -0.25) is 4.98 Å². The lowest BCUT2D eigenvalue weighted by Gasteiger charge is -2.36. The van der Waals surface area contributed by atoms with E-state index in [0.29, 0.717) is 12.1 Å². The van der Waals surface area contributed by atoms with Crippen LogP contribution in [0.25, 0.3) is 0 Å². The van der Waals surface area contributed by atoms with Crippen LogP contribution in [0, 0.1) is 0 Å². The van der Waals surface area contributed by atoms with Crippen LogP contribution < -0.4 is 5.32 Å². The van der Waals surface area contributed by atoms with Crippen LogP contribution in [0.4, 0.5) is 0 Å². The number of nitrogens with one attached hydrogen (secondary N) is 1. The fourth-order valence-electron chi connectivity index (χ4n) is 3.01. The van der Waals surface area contributed by atoms with Crippen LogP contribution >= 0.6 is 11.8 Å². The Hall–Kier alpha value is -0.580. The van der Waals surface area contributed by atoms with Crippen molar-refractivity contribution >= 4 is 11.8 Å². The predicted octanol–water partition coefficient (Wildman–Crippen LogP) is 2.79. The molecule has 0 saturated carbocycles. The first-order valence-corrected chi connectivity index (χ1v) is 8.44. The van der Waals surface area contributed by atoms with Crippen LogP contribution in [0.15, 0.2) is 24.5 Å². The van der Waals surface area contributed by atoms with Crippen molar-refractivity contribution in [3.63, 3.8) is 0 Å². The van der Waals surface area contributed by atoms with Gasteiger partial charge in [0.05, 0.1) is 6.10 Å². The Morgan fingerprint density at radius 1 is 1.21 bits per heavy atom. The van der Waals surface area contributed by atoms with Gasteiger partial charge in [-0.05, 0) is 49.1 Å². The van der Waals surface area contributed by atoms with Crippen molar-refractivity contribution in [2.75, 3.05) is 18.1 Å². The molecule has 1 N–H and O–H groups in total. The normalized spacial score (nSPS) is 32.1. The highest BCUT2D eigenvalue weighted by Crippen LogP contribution is 2.29. The van der Waals surface area contributed by atoms with Gasteiger partial charge in [-0.25, -0.2) is 0 Å². The molecule has 0 aliphatic carbocycles. The molecule has 4 heteroatoms. The molecule has 2 aliphatic heterocycles. The van der Waals surface area contributed by atoms with E-state index >= 15 is 0 Å². The van der Waals surface area contributed by atoms with Gasteiger partial charge in [-0.2, -0.15) is 11.8 Å². The smallest absolute Gasteiger partial charge is 0.0978 e. The molecular weight excluding hydrogens is 256 g/mol. The zero-order chi connectivity index (χ0) is 12.9. The van der Waals surface area contributed by atoms with Crippen LogP contribution in [0.3, 0.4) is 0 Å². The van der Waals surface area contributed by atoms with Crippen molar-refractivity contribution in [1.29, 1.82) is 0 Å². The molecule has 0 aromatic carbocycles. The first-order valence-electron chi connectivity index (χ1n) is 7.29. The Morgan fingerprint density at radius 2 is 2.11 bits per heavy atom. The SMILES string of the molecule is c1cc([C@H]2OCCC[C@@H]2N[C@@H]2CCCSC2)ccn1. The van der Waals surface area contributed by atoms with Gasteiger partial charge in [-0.15, -0.1) is 0 Å². The molecule has 3 rings (SSSR count). The average Bonchev–Trinajstić information content (AvgIpc) is 2.50. The van der Waals surface area contributed by atoms with Gasteiger partial charge in [0.15, 0.2) is 0 Å². The summed E-state index contributed by atoms with van der Waals surface area (Å²) in [6.45, 7) is 0.880. The van der Waals surface area contributed by atoms with E-state index in [2.05, 4.69) is 34.2 Å². The van der Waals surface area contributed by atoms with Crippen LogP contribution in [0.5, 0.6) is 0 Å². The highest BCUT2D eigenvalue weighted by molar-refractivity contribution is 7.99. The molecule has 0 bridgehead atoms. The van der Waals surface area contributed by atoms with E-state index in [-0.39, 0.29) is 6.10 Å². The lowest BCUT2D eigenvalue weighted by Crippen LogP contribution is -2.46. The van der Waals surface area contributed by atoms with E-state index in [9.17, 15) is 0 Å². The standard InChI is InChI=1S/C15H22N2OS/c1-4-14(17-13-3-2-10-19-11-13)15(18-9-1)12-5-7-16-8-6-12/h5-8,13-15,17H,1-4,9-11H2/t13-,14+,15-/m1/s1. The number of hydrogen-bond donors (Lipinski definition) is 1. The molecule has 0 radical (unpaired) electrons. The van der Waals surface area contributed by atoms with Crippen molar-refractivity contribution in [2.45, 2.75) is 43.9 Å². The molecule has 2 aliphatic rings. The van der Waals surface area contributed by atoms with Crippen LogP contribution in [-0.4, -0.2) is 35.2 Å². The fraction of sp³-hybridized carbons (Fsp3) is 0.667. The first-order chi connectivity index (χ1) is 9.43. The lowest BCUT2D eigenvalue weighted by molar-refractivity contribution is -0.0135. The molecular formula is C15H22N2OS. The molecule has 0 unspecified atom stereocenters. The fourth-order valence-corrected chi connectivity index (χ4v) is 4.09. The molecule has 2 fully saturated rings. The van der Waals surface area contributed by atoms with E-state index in [1.807, 2.05) is 12.4 Å². The minimum Gasteiger partial charge on any atom is -0.372 e. The first kappa shape index (κ1) is 13.4. The maximum atomic E-state index is 6.02. The zero-order valence-electron chi connectivity index (χ0n) is 11.3. The minimum absolute atomic E-state index is 0.198. The third kappa shape index (κ3) is 3.50. The van der Waals surface area contributed by atoms with E-state index < -0.39 is 0 Å². The second-order valence-corrected chi connectivity index (χ2v) is 6.55. The monoisotopic (exact) mass is 278 g/mol. The zero-order valence-corrected chi connectivity index (χ0v) is 12.1. The Balaban J connectivity index is 1.66. The third-order valence-corrected chi connectivity index (χ3v) is 5.18. The maximum Gasteiger partial charge on any atom is 0.0978 e. The highest BCUT2D eigenvalue weighted by Gasteiger charge is 2.29. The Kier molecular flexibility index (Phi) is 4.75. The van der Waals surface area contributed by atoms with Crippen molar-refractivity contribution < 1.29 is 4.74 Å². The largest absolute Gasteiger partial charge is 0.372 e. The number of hydrogen-bond acceptors (Lipinski definition) is 4. The van der Waals surface area contributed by atoms with Crippen molar-refractivity contribution in [3.8, 4) is 0 Å². The molecule has 1 aromatic rings. The summed E-state index contributed by atoms with van der Waals surface area (Å²) < 4.78 is 6.02. The number of aromatic nitrogens is 1. The van der Waals surface area contributed by atoms with Gasteiger partial charge in [-0.1, -0.05) is 0 Å². The Labute approximate surface area is 119 Å². The summed E-state index contributed by atoms with van der Waals surface area (Å²) in [6.07, 6.45) is 8.96.